The fraction of sp³-hybridized carbons (Fsp3) is 0.632. The number of hydrogen-bond acceptors (Lipinski definition) is 4. The monoisotopic (exact) mass is 357 g/mol. The molecule has 0 radical (unpaired) electrons. The van der Waals surface area contributed by atoms with Crippen molar-refractivity contribution >= 4 is 5.91 Å². The van der Waals surface area contributed by atoms with Gasteiger partial charge in [-0.15, -0.1) is 0 Å². The van der Waals surface area contributed by atoms with E-state index in [9.17, 15) is 9.90 Å². The van der Waals surface area contributed by atoms with Crippen LogP contribution in [0.15, 0.2) is 12.4 Å². The quantitative estimate of drug-likeness (QED) is 0.731. The number of aromatic amines is 1. The third kappa shape index (κ3) is 3.53. The Morgan fingerprint density at radius 2 is 2.23 bits per heavy atom. The first-order valence-corrected chi connectivity index (χ1v) is 9.61. The number of carbonyl (C=O) groups excluding carboxylic acids is 1. The predicted molar refractivity (Wildman–Crippen MR) is 96.4 cm³/mol. The van der Waals surface area contributed by atoms with Crippen molar-refractivity contribution in [2.24, 2.45) is 13.0 Å². The second kappa shape index (κ2) is 7.23. The van der Waals surface area contributed by atoms with Crippen molar-refractivity contribution in [3.63, 3.8) is 0 Å². The molecule has 0 aliphatic heterocycles. The van der Waals surface area contributed by atoms with Gasteiger partial charge in [0, 0.05) is 37.3 Å². The number of nitrogens with zero attached hydrogens (tertiary/aromatic N) is 3. The summed E-state index contributed by atoms with van der Waals surface area (Å²) in [5.74, 6) is 0.309. The highest BCUT2D eigenvalue weighted by molar-refractivity contribution is 5.76. The average Bonchev–Trinajstić information content (AvgIpc) is 3.22. The Labute approximate surface area is 153 Å². The fourth-order valence-corrected chi connectivity index (χ4v) is 4.21. The van der Waals surface area contributed by atoms with E-state index in [1.165, 1.54) is 24.1 Å². The number of amides is 1. The lowest BCUT2D eigenvalue weighted by Gasteiger charge is -2.37. The lowest BCUT2D eigenvalue weighted by atomic mass is 9.75. The zero-order valence-electron chi connectivity index (χ0n) is 15.2. The topological polar surface area (TPSA) is 95.8 Å². The smallest absolute Gasteiger partial charge is 0.220 e. The van der Waals surface area contributed by atoms with Gasteiger partial charge >= 0.3 is 0 Å². The van der Waals surface area contributed by atoms with Crippen LogP contribution in [-0.2, 0) is 31.1 Å². The van der Waals surface area contributed by atoms with Gasteiger partial charge in [-0.3, -0.25) is 14.6 Å². The van der Waals surface area contributed by atoms with E-state index >= 15 is 0 Å². The van der Waals surface area contributed by atoms with Crippen LogP contribution < -0.4 is 5.32 Å². The number of hydrogen-bond donors (Lipinski definition) is 3. The van der Waals surface area contributed by atoms with Gasteiger partial charge in [0.1, 0.15) is 0 Å². The second-order valence-electron chi connectivity index (χ2n) is 7.71. The lowest BCUT2D eigenvalue weighted by molar-refractivity contribution is -0.123. The number of fused-ring (bicyclic) bond motifs is 1. The van der Waals surface area contributed by atoms with Crippen molar-refractivity contribution in [2.45, 2.75) is 63.5 Å². The number of aliphatic hydroxyl groups excluding tert-OH is 1. The summed E-state index contributed by atoms with van der Waals surface area (Å²) in [6.07, 6.45) is 10.6. The molecule has 1 fully saturated rings. The van der Waals surface area contributed by atoms with E-state index in [-0.39, 0.29) is 24.0 Å². The minimum Gasteiger partial charge on any atom is -0.393 e. The summed E-state index contributed by atoms with van der Waals surface area (Å²) in [6.45, 7) is 0. The second-order valence-corrected chi connectivity index (χ2v) is 7.71. The molecule has 1 saturated carbocycles. The molecule has 2 aliphatic carbocycles. The first-order chi connectivity index (χ1) is 12.6. The summed E-state index contributed by atoms with van der Waals surface area (Å²) in [5.41, 5.74) is 4.64. The van der Waals surface area contributed by atoms with Crippen molar-refractivity contribution in [3.8, 4) is 0 Å². The molecule has 26 heavy (non-hydrogen) atoms. The van der Waals surface area contributed by atoms with Gasteiger partial charge in [-0.2, -0.15) is 10.2 Å². The van der Waals surface area contributed by atoms with E-state index in [1.54, 1.807) is 10.9 Å². The van der Waals surface area contributed by atoms with E-state index in [2.05, 4.69) is 20.6 Å². The number of H-pyrrole nitrogens is 1. The molecule has 0 saturated heterocycles. The van der Waals surface area contributed by atoms with Crippen LogP contribution in [0.1, 0.15) is 60.7 Å². The molecule has 1 amide bonds. The molecule has 0 aromatic carbocycles. The highest BCUT2D eigenvalue weighted by atomic mass is 16.3. The van der Waals surface area contributed by atoms with Crippen molar-refractivity contribution in [1.29, 1.82) is 0 Å². The Balaban J connectivity index is 1.38. The van der Waals surface area contributed by atoms with E-state index in [4.69, 9.17) is 0 Å². The maximum Gasteiger partial charge on any atom is 0.220 e. The molecule has 2 heterocycles. The lowest BCUT2D eigenvalue weighted by Crippen LogP contribution is -2.41. The van der Waals surface area contributed by atoms with Gasteiger partial charge in [-0.1, -0.05) is 0 Å². The molecular formula is C19H27N5O2. The SMILES string of the molecule is Cn1cc([C@H](NC(=O)CCc2n[nH]c3c2CCCC3)C2CC(O)C2)cn1. The Kier molecular flexibility index (Phi) is 4.80. The first kappa shape index (κ1) is 17.3. The van der Waals surface area contributed by atoms with Gasteiger partial charge in [0.25, 0.3) is 0 Å². The van der Waals surface area contributed by atoms with Gasteiger partial charge in [0.15, 0.2) is 0 Å². The summed E-state index contributed by atoms with van der Waals surface area (Å²) in [7, 11) is 1.87. The van der Waals surface area contributed by atoms with E-state index < -0.39 is 0 Å². The van der Waals surface area contributed by atoms with E-state index in [0.29, 0.717) is 12.8 Å². The van der Waals surface area contributed by atoms with Gasteiger partial charge < -0.3 is 10.4 Å². The Bertz CT molecular complexity index is 775. The van der Waals surface area contributed by atoms with Crippen molar-refractivity contribution in [2.75, 3.05) is 0 Å². The van der Waals surface area contributed by atoms with Crippen LogP contribution in [0.2, 0.25) is 0 Å². The zero-order chi connectivity index (χ0) is 18.1. The molecule has 7 nitrogen and oxygen atoms in total. The fourth-order valence-electron chi connectivity index (χ4n) is 4.21. The number of carbonyl (C=O) groups is 1. The molecule has 0 bridgehead atoms. The standard InChI is InChI=1S/C19H27N5O2/c1-24-11-13(10-20-24)19(12-8-14(25)9-12)21-18(26)7-6-17-15-4-2-3-5-16(15)22-23-17/h10-12,14,19,25H,2-9H2,1H3,(H,21,26)(H,22,23)/t12?,14?,19-/m1/s1. The number of aliphatic hydroxyl groups is 1. The van der Waals surface area contributed by atoms with Crippen LogP contribution >= 0.6 is 0 Å². The predicted octanol–water partition coefficient (Wildman–Crippen LogP) is 1.58. The van der Waals surface area contributed by atoms with Crippen LogP contribution in [0.25, 0.3) is 0 Å². The van der Waals surface area contributed by atoms with Gasteiger partial charge in [-0.25, -0.2) is 0 Å². The number of nitrogens with one attached hydrogen (secondary N) is 2. The van der Waals surface area contributed by atoms with Crippen molar-refractivity contribution < 1.29 is 9.90 Å². The molecule has 2 aromatic rings. The van der Waals surface area contributed by atoms with Crippen LogP contribution in [0.5, 0.6) is 0 Å². The summed E-state index contributed by atoms with van der Waals surface area (Å²) in [6, 6.07) is -0.0762. The maximum absolute atomic E-state index is 12.6. The highest BCUT2D eigenvalue weighted by Crippen LogP contribution is 2.38. The van der Waals surface area contributed by atoms with Gasteiger partial charge in [0.05, 0.1) is 24.0 Å². The molecule has 2 aromatic heterocycles. The van der Waals surface area contributed by atoms with E-state index in [1.807, 2.05) is 13.2 Å². The van der Waals surface area contributed by atoms with Crippen LogP contribution in [0.3, 0.4) is 0 Å². The summed E-state index contributed by atoms with van der Waals surface area (Å²) >= 11 is 0. The largest absolute Gasteiger partial charge is 0.393 e. The molecule has 2 aliphatic rings. The van der Waals surface area contributed by atoms with Crippen LogP contribution in [-0.4, -0.2) is 37.1 Å². The minimum atomic E-state index is -0.244. The molecule has 4 rings (SSSR count). The normalized spacial score (nSPS) is 23.2. The molecular weight excluding hydrogens is 330 g/mol. The molecule has 1 atom stereocenters. The van der Waals surface area contributed by atoms with E-state index in [0.717, 1.165) is 36.9 Å². The average molecular weight is 357 g/mol. The van der Waals surface area contributed by atoms with Crippen LogP contribution in [0.4, 0.5) is 0 Å². The highest BCUT2D eigenvalue weighted by Gasteiger charge is 2.36. The molecule has 0 spiro atoms. The molecule has 0 unspecified atom stereocenters. The Hall–Kier alpha value is -2.15. The molecule has 3 N–H and O–H groups in total. The summed E-state index contributed by atoms with van der Waals surface area (Å²) < 4.78 is 1.75. The Morgan fingerprint density at radius 1 is 1.42 bits per heavy atom. The third-order valence-corrected chi connectivity index (χ3v) is 5.75. The first-order valence-electron chi connectivity index (χ1n) is 9.61. The van der Waals surface area contributed by atoms with Crippen molar-refractivity contribution in [1.82, 2.24) is 25.3 Å². The number of aromatic nitrogens is 4. The minimum absolute atomic E-state index is 0.0350. The molecule has 7 heteroatoms. The van der Waals surface area contributed by atoms with Gasteiger partial charge in [-0.05, 0) is 50.0 Å². The van der Waals surface area contributed by atoms with Crippen LogP contribution in [0, 0.1) is 5.92 Å². The Morgan fingerprint density at radius 3 is 2.96 bits per heavy atom. The zero-order valence-corrected chi connectivity index (χ0v) is 15.2. The third-order valence-electron chi connectivity index (χ3n) is 5.75. The number of aryl methyl sites for hydroxylation is 3. The maximum atomic E-state index is 12.6. The van der Waals surface area contributed by atoms with Crippen molar-refractivity contribution in [3.05, 3.63) is 34.9 Å². The summed E-state index contributed by atoms with van der Waals surface area (Å²) in [4.78, 5) is 12.6. The van der Waals surface area contributed by atoms with Gasteiger partial charge in [0.2, 0.25) is 5.91 Å². The number of rotatable bonds is 6. The summed E-state index contributed by atoms with van der Waals surface area (Å²) in [5, 5.41) is 24.6. The molecule has 140 valence electrons.